The average molecular weight is 567 g/mol. The van der Waals surface area contributed by atoms with Gasteiger partial charge in [-0.3, -0.25) is 24.1 Å². The van der Waals surface area contributed by atoms with Crippen LogP contribution >= 0.6 is 0 Å². The molecule has 40 heavy (non-hydrogen) atoms. The summed E-state index contributed by atoms with van der Waals surface area (Å²) in [5.41, 5.74) is -0.388. The number of piperidine rings is 1. The van der Waals surface area contributed by atoms with Gasteiger partial charge in [0.05, 0.1) is 12.1 Å². The maximum atomic E-state index is 13.9. The van der Waals surface area contributed by atoms with Gasteiger partial charge >= 0.3 is 11.9 Å². The van der Waals surface area contributed by atoms with Crippen molar-refractivity contribution in [1.82, 2.24) is 20.4 Å². The van der Waals surface area contributed by atoms with Gasteiger partial charge in [0, 0.05) is 25.1 Å². The van der Waals surface area contributed by atoms with E-state index in [1.54, 1.807) is 13.1 Å². The highest BCUT2D eigenvalue weighted by atomic mass is 16.4. The third-order valence-corrected chi connectivity index (χ3v) is 7.42. The van der Waals surface area contributed by atoms with Crippen molar-refractivity contribution >= 4 is 29.7 Å². The van der Waals surface area contributed by atoms with Crippen LogP contribution < -0.4 is 10.6 Å². The molecule has 0 aromatic heterocycles. The first kappa shape index (κ1) is 35.1. The lowest BCUT2D eigenvalue weighted by molar-refractivity contribution is -0.142. The summed E-state index contributed by atoms with van der Waals surface area (Å²) < 4.78 is 0. The lowest BCUT2D eigenvalue weighted by Crippen LogP contribution is -2.60. The molecule has 11 nitrogen and oxygen atoms in total. The molecule has 1 aliphatic rings. The van der Waals surface area contributed by atoms with Crippen molar-refractivity contribution in [2.75, 3.05) is 13.6 Å². The fraction of sp³-hybridized carbons (Fsp3) is 0.759. The van der Waals surface area contributed by atoms with Gasteiger partial charge in [-0.05, 0) is 57.9 Å². The molecule has 1 rings (SSSR count). The Labute approximate surface area is 238 Å². The van der Waals surface area contributed by atoms with Gasteiger partial charge in [-0.1, -0.05) is 47.1 Å². The lowest BCUT2D eigenvalue weighted by atomic mass is 9.84. The number of carboxylic acid groups (broad SMARTS) is 2. The molecule has 0 spiro atoms. The summed E-state index contributed by atoms with van der Waals surface area (Å²) in [5, 5.41) is 23.7. The number of rotatable bonds is 13. The quantitative estimate of drug-likeness (QED) is 0.248. The summed E-state index contributed by atoms with van der Waals surface area (Å²) in [4.78, 5) is 66.2. The van der Waals surface area contributed by atoms with Crippen LogP contribution in [0.2, 0.25) is 0 Å². The Bertz CT molecular complexity index is 955. The number of amides is 3. The molecule has 0 aliphatic carbocycles. The first-order valence-corrected chi connectivity index (χ1v) is 14.1. The SMILES string of the molecule is C/C(=C\[C@H](C(C)C)N(C)C(=O)[C@@H](NC(=O)[C@H]1CCCCN1C(C)C)C(C)(C)C)C(=O)N[C@H](CCC(=O)O)C(=O)O. The van der Waals surface area contributed by atoms with Gasteiger partial charge in [-0.25, -0.2) is 4.79 Å². The van der Waals surface area contributed by atoms with Crippen LogP contribution in [0.15, 0.2) is 11.6 Å². The Kier molecular flexibility index (Phi) is 13.3. The number of likely N-dealkylation sites (N-methyl/N-ethyl adjacent to an activating group) is 1. The maximum absolute atomic E-state index is 13.9. The molecule has 4 atom stereocenters. The second-order valence-corrected chi connectivity index (χ2v) is 12.5. The first-order valence-electron chi connectivity index (χ1n) is 14.1. The number of hydrogen-bond acceptors (Lipinski definition) is 6. The van der Waals surface area contributed by atoms with Gasteiger partial charge in [0.15, 0.2) is 0 Å². The second kappa shape index (κ2) is 15.2. The molecular formula is C29H50N4O7. The topological polar surface area (TPSA) is 156 Å². The van der Waals surface area contributed by atoms with Crippen molar-refractivity contribution in [1.29, 1.82) is 0 Å². The van der Waals surface area contributed by atoms with Crippen LogP contribution in [0.3, 0.4) is 0 Å². The van der Waals surface area contributed by atoms with Crippen molar-refractivity contribution in [3.05, 3.63) is 11.6 Å². The summed E-state index contributed by atoms with van der Waals surface area (Å²) >= 11 is 0. The van der Waals surface area contributed by atoms with E-state index in [1.807, 2.05) is 34.6 Å². The fourth-order valence-electron chi connectivity index (χ4n) is 4.97. The largest absolute Gasteiger partial charge is 0.481 e. The Morgan fingerprint density at radius 3 is 2.10 bits per heavy atom. The molecule has 4 N–H and O–H groups in total. The van der Waals surface area contributed by atoms with Crippen LogP contribution in [0.25, 0.3) is 0 Å². The molecule has 228 valence electrons. The van der Waals surface area contributed by atoms with Crippen molar-refractivity contribution in [2.24, 2.45) is 11.3 Å². The summed E-state index contributed by atoms with van der Waals surface area (Å²) in [5.74, 6) is -3.70. The van der Waals surface area contributed by atoms with E-state index in [-0.39, 0.29) is 41.8 Å². The normalized spacial score (nSPS) is 19.1. The zero-order chi connectivity index (χ0) is 30.9. The summed E-state index contributed by atoms with van der Waals surface area (Å²) in [6, 6.07) is -2.78. The molecule has 1 saturated heterocycles. The molecular weight excluding hydrogens is 516 g/mol. The maximum Gasteiger partial charge on any atom is 0.326 e. The van der Waals surface area contributed by atoms with Gasteiger partial charge < -0.3 is 25.7 Å². The minimum Gasteiger partial charge on any atom is -0.481 e. The van der Waals surface area contributed by atoms with E-state index in [9.17, 15) is 29.1 Å². The van der Waals surface area contributed by atoms with Crippen molar-refractivity contribution < 1.29 is 34.2 Å². The van der Waals surface area contributed by atoms with Gasteiger partial charge in [-0.15, -0.1) is 0 Å². The molecule has 1 aliphatic heterocycles. The highest BCUT2D eigenvalue weighted by Gasteiger charge is 2.40. The van der Waals surface area contributed by atoms with E-state index in [2.05, 4.69) is 29.4 Å². The summed E-state index contributed by atoms with van der Waals surface area (Å²) in [6.45, 7) is 16.0. The zero-order valence-electron chi connectivity index (χ0n) is 25.6. The monoisotopic (exact) mass is 566 g/mol. The van der Waals surface area contributed by atoms with Crippen molar-refractivity contribution in [3.8, 4) is 0 Å². The number of nitrogens with zero attached hydrogens (tertiary/aromatic N) is 2. The lowest BCUT2D eigenvalue weighted by Gasteiger charge is -2.41. The molecule has 1 heterocycles. The van der Waals surface area contributed by atoms with Crippen LogP contribution in [0, 0.1) is 11.3 Å². The van der Waals surface area contributed by atoms with E-state index >= 15 is 0 Å². The minimum absolute atomic E-state index is 0.106. The second-order valence-electron chi connectivity index (χ2n) is 12.5. The average Bonchev–Trinajstić information content (AvgIpc) is 2.85. The van der Waals surface area contributed by atoms with E-state index in [1.165, 1.54) is 11.8 Å². The first-order chi connectivity index (χ1) is 18.4. The molecule has 0 aromatic rings. The third kappa shape index (κ3) is 10.2. The van der Waals surface area contributed by atoms with E-state index < -0.39 is 47.8 Å². The van der Waals surface area contributed by atoms with Gasteiger partial charge in [0.1, 0.15) is 12.1 Å². The van der Waals surface area contributed by atoms with E-state index in [0.717, 1.165) is 25.8 Å². The number of carbonyl (C=O) groups is 5. The van der Waals surface area contributed by atoms with Crippen LogP contribution in [0.4, 0.5) is 0 Å². The van der Waals surface area contributed by atoms with Gasteiger partial charge in [0.25, 0.3) is 0 Å². The minimum atomic E-state index is -1.35. The fourth-order valence-corrected chi connectivity index (χ4v) is 4.97. The van der Waals surface area contributed by atoms with Gasteiger partial charge in [0.2, 0.25) is 17.7 Å². The molecule has 0 aromatic carbocycles. The van der Waals surface area contributed by atoms with Gasteiger partial charge in [-0.2, -0.15) is 0 Å². The number of carbonyl (C=O) groups excluding carboxylic acids is 3. The Hall–Kier alpha value is -2.95. The molecule has 1 fully saturated rings. The molecule has 11 heteroatoms. The predicted molar refractivity (Wildman–Crippen MR) is 152 cm³/mol. The Balaban J connectivity index is 3.16. The number of carboxylic acids is 2. The van der Waals surface area contributed by atoms with Crippen LogP contribution in [-0.2, 0) is 24.0 Å². The van der Waals surface area contributed by atoms with Crippen molar-refractivity contribution in [2.45, 2.75) is 118 Å². The van der Waals surface area contributed by atoms with Crippen molar-refractivity contribution in [3.63, 3.8) is 0 Å². The number of aliphatic carboxylic acids is 2. The summed E-state index contributed by atoms with van der Waals surface area (Å²) in [6.07, 6.45) is 3.68. The predicted octanol–water partition coefficient (Wildman–Crippen LogP) is 2.64. The summed E-state index contributed by atoms with van der Waals surface area (Å²) in [7, 11) is 1.63. The molecule has 3 amide bonds. The highest BCUT2D eigenvalue weighted by Crippen LogP contribution is 2.26. The number of hydrogen-bond donors (Lipinski definition) is 4. The zero-order valence-corrected chi connectivity index (χ0v) is 25.6. The smallest absolute Gasteiger partial charge is 0.326 e. The number of nitrogens with one attached hydrogen (secondary N) is 2. The van der Waals surface area contributed by atoms with E-state index in [0.29, 0.717) is 0 Å². The standard InChI is InChI=1S/C29H50N4O7/c1-17(2)22(16-19(5)25(36)30-20(28(39)40)13-14-23(34)35)32(9)27(38)24(29(6,7)8)31-26(37)21-12-10-11-15-33(21)18(3)4/h16-18,20-22,24H,10-15H2,1-9H3,(H,30,36)(H,31,37)(H,34,35)(H,39,40)/b19-16+/t20-,21-,22-,24-/m1/s1. The Morgan fingerprint density at radius 2 is 1.62 bits per heavy atom. The van der Waals surface area contributed by atoms with Crippen LogP contribution in [0.5, 0.6) is 0 Å². The molecule has 0 bridgehead atoms. The number of likely N-dealkylation sites (tertiary alicyclic amines) is 1. The van der Waals surface area contributed by atoms with Crippen LogP contribution in [0.1, 0.15) is 87.5 Å². The molecule has 0 unspecified atom stereocenters. The van der Waals surface area contributed by atoms with Crippen LogP contribution in [-0.4, -0.2) is 93.5 Å². The van der Waals surface area contributed by atoms with E-state index in [4.69, 9.17) is 5.11 Å². The molecule has 0 radical (unpaired) electrons. The highest BCUT2D eigenvalue weighted by molar-refractivity contribution is 5.96. The third-order valence-electron chi connectivity index (χ3n) is 7.42. The molecule has 0 saturated carbocycles. The Morgan fingerprint density at radius 1 is 1.02 bits per heavy atom.